The van der Waals surface area contributed by atoms with E-state index >= 15 is 0 Å². The quantitative estimate of drug-likeness (QED) is 0.915. The molecule has 3 atom stereocenters. The molecule has 0 bridgehead atoms. The van der Waals surface area contributed by atoms with Gasteiger partial charge in [-0.1, -0.05) is 12.1 Å². The second-order valence-electron chi connectivity index (χ2n) is 6.97. The van der Waals surface area contributed by atoms with Gasteiger partial charge in [0.2, 0.25) is 5.91 Å². The highest BCUT2D eigenvalue weighted by molar-refractivity contribution is 5.83. The zero-order valence-electron chi connectivity index (χ0n) is 13.6. The molecule has 0 spiro atoms. The molecule has 2 fully saturated rings. The standard InChI is InChI=1S/C18H22F3NO2/c1-11(23)12-6-8-22(9-7-12)17(24)16-10-15(16)13-2-4-14(5-3-13)18(19,20)21/h2-5,11-12,15-16,23H,6-10H2,1H3. The molecule has 132 valence electrons. The number of hydrogen-bond acceptors (Lipinski definition) is 2. The molecule has 0 radical (unpaired) electrons. The third kappa shape index (κ3) is 3.58. The Hall–Kier alpha value is -1.56. The molecule has 1 N–H and O–H groups in total. The van der Waals surface area contributed by atoms with Gasteiger partial charge < -0.3 is 10.0 Å². The number of nitrogens with zero attached hydrogens (tertiary/aromatic N) is 1. The number of alkyl halides is 3. The van der Waals surface area contributed by atoms with E-state index in [4.69, 9.17) is 0 Å². The minimum absolute atomic E-state index is 0.0364. The molecule has 3 unspecified atom stereocenters. The molecule has 1 aromatic rings. The van der Waals surface area contributed by atoms with Crippen molar-refractivity contribution in [2.75, 3.05) is 13.1 Å². The topological polar surface area (TPSA) is 40.5 Å². The van der Waals surface area contributed by atoms with Crippen LogP contribution in [0.15, 0.2) is 24.3 Å². The maximum atomic E-state index is 12.6. The average molecular weight is 341 g/mol. The Morgan fingerprint density at radius 2 is 1.79 bits per heavy atom. The van der Waals surface area contributed by atoms with Gasteiger partial charge in [0.05, 0.1) is 11.7 Å². The lowest BCUT2D eigenvalue weighted by molar-refractivity contribution is -0.137. The second-order valence-corrected chi connectivity index (χ2v) is 6.97. The van der Waals surface area contributed by atoms with E-state index < -0.39 is 11.7 Å². The van der Waals surface area contributed by atoms with E-state index in [1.54, 1.807) is 6.92 Å². The number of benzene rings is 1. The number of halogens is 3. The van der Waals surface area contributed by atoms with Gasteiger partial charge in [-0.3, -0.25) is 4.79 Å². The van der Waals surface area contributed by atoms with Crippen molar-refractivity contribution in [2.45, 2.75) is 44.4 Å². The largest absolute Gasteiger partial charge is 0.416 e. The Bertz CT molecular complexity index is 589. The number of likely N-dealkylation sites (tertiary alicyclic amines) is 1. The summed E-state index contributed by atoms with van der Waals surface area (Å²) in [4.78, 5) is 14.4. The van der Waals surface area contributed by atoms with E-state index in [9.17, 15) is 23.1 Å². The number of carbonyl (C=O) groups is 1. The van der Waals surface area contributed by atoms with Crippen LogP contribution in [0.3, 0.4) is 0 Å². The van der Waals surface area contributed by atoms with Crippen molar-refractivity contribution in [2.24, 2.45) is 11.8 Å². The van der Waals surface area contributed by atoms with Gasteiger partial charge in [-0.25, -0.2) is 0 Å². The highest BCUT2D eigenvalue weighted by Crippen LogP contribution is 2.49. The van der Waals surface area contributed by atoms with Crippen molar-refractivity contribution in [3.8, 4) is 0 Å². The van der Waals surface area contributed by atoms with Crippen LogP contribution in [-0.4, -0.2) is 35.1 Å². The molecule has 1 saturated carbocycles. The molecule has 1 heterocycles. The van der Waals surface area contributed by atoms with Crippen molar-refractivity contribution in [3.63, 3.8) is 0 Å². The Balaban J connectivity index is 1.56. The maximum Gasteiger partial charge on any atom is 0.416 e. The molecule has 0 aromatic heterocycles. The zero-order chi connectivity index (χ0) is 17.5. The van der Waals surface area contributed by atoms with Crippen LogP contribution in [0.4, 0.5) is 13.2 Å². The number of aliphatic hydroxyl groups excluding tert-OH is 1. The summed E-state index contributed by atoms with van der Waals surface area (Å²) < 4.78 is 37.8. The van der Waals surface area contributed by atoms with Crippen LogP contribution >= 0.6 is 0 Å². The summed E-state index contributed by atoms with van der Waals surface area (Å²) in [5.74, 6) is 0.280. The van der Waals surface area contributed by atoms with Gasteiger partial charge in [-0.15, -0.1) is 0 Å². The molecule has 1 aliphatic carbocycles. The van der Waals surface area contributed by atoms with Gasteiger partial charge in [0, 0.05) is 19.0 Å². The van der Waals surface area contributed by atoms with Crippen molar-refractivity contribution in [3.05, 3.63) is 35.4 Å². The second kappa shape index (κ2) is 6.39. The first-order chi connectivity index (χ1) is 11.3. The molecule has 24 heavy (non-hydrogen) atoms. The first-order valence-corrected chi connectivity index (χ1v) is 8.41. The molecule has 3 nitrogen and oxygen atoms in total. The van der Waals surface area contributed by atoms with Crippen LogP contribution in [0.25, 0.3) is 0 Å². The van der Waals surface area contributed by atoms with E-state index in [0.29, 0.717) is 19.5 Å². The Morgan fingerprint density at radius 1 is 1.21 bits per heavy atom. The summed E-state index contributed by atoms with van der Waals surface area (Å²) in [6.07, 6.45) is -2.35. The van der Waals surface area contributed by atoms with Crippen molar-refractivity contribution >= 4 is 5.91 Å². The normalized spacial score (nSPS) is 26.3. The van der Waals surface area contributed by atoms with E-state index in [2.05, 4.69) is 0 Å². The van der Waals surface area contributed by atoms with Crippen LogP contribution < -0.4 is 0 Å². The van der Waals surface area contributed by atoms with Crippen LogP contribution in [0.2, 0.25) is 0 Å². The van der Waals surface area contributed by atoms with Crippen LogP contribution in [0.5, 0.6) is 0 Å². The fraction of sp³-hybridized carbons (Fsp3) is 0.611. The van der Waals surface area contributed by atoms with E-state index in [-0.39, 0.29) is 29.8 Å². The molecule has 1 saturated heterocycles. The lowest BCUT2D eigenvalue weighted by atomic mass is 9.92. The van der Waals surface area contributed by atoms with Gasteiger partial charge in [0.1, 0.15) is 0 Å². The van der Waals surface area contributed by atoms with E-state index in [1.807, 2.05) is 4.90 Å². The van der Waals surface area contributed by atoms with Crippen LogP contribution in [-0.2, 0) is 11.0 Å². The van der Waals surface area contributed by atoms with Crippen LogP contribution in [0, 0.1) is 11.8 Å². The summed E-state index contributed by atoms with van der Waals surface area (Å²) in [7, 11) is 0. The first-order valence-electron chi connectivity index (χ1n) is 8.41. The third-order valence-corrected chi connectivity index (χ3v) is 5.31. The maximum absolute atomic E-state index is 12.6. The summed E-state index contributed by atoms with van der Waals surface area (Å²) >= 11 is 0. The lowest BCUT2D eigenvalue weighted by Crippen LogP contribution is -2.41. The molecule has 1 aromatic carbocycles. The van der Waals surface area contributed by atoms with Crippen molar-refractivity contribution in [1.82, 2.24) is 4.90 Å². The van der Waals surface area contributed by atoms with Gasteiger partial charge in [-0.2, -0.15) is 13.2 Å². The summed E-state index contributed by atoms with van der Waals surface area (Å²) in [6, 6.07) is 5.15. The summed E-state index contributed by atoms with van der Waals surface area (Å²) in [6.45, 7) is 3.10. The molecule has 1 aliphatic heterocycles. The fourth-order valence-electron chi connectivity index (χ4n) is 3.59. The third-order valence-electron chi connectivity index (χ3n) is 5.31. The Labute approximate surface area is 139 Å². The van der Waals surface area contributed by atoms with Gasteiger partial charge >= 0.3 is 6.18 Å². The summed E-state index contributed by atoms with van der Waals surface area (Å²) in [5, 5.41) is 9.61. The SMILES string of the molecule is CC(O)C1CCN(C(=O)C2CC2c2ccc(C(F)(F)F)cc2)CC1. The molecular formula is C18H22F3NO2. The highest BCUT2D eigenvalue weighted by Gasteiger charge is 2.46. The van der Waals surface area contributed by atoms with Gasteiger partial charge in [0.25, 0.3) is 0 Å². The molecule has 6 heteroatoms. The lowest BCUT2D eigenvalue weighted by Gasteiger charge is -2.33. The molecule has 3 rings (SSSR count). The molecule has 2 aliphatic rings. The number of carbonyl (C=O) groups excluding carboxylic acids is 1. The minimum Gasteiger partial charge on any atom is -0.393 e. The van der Waals surface area contributed by atoms with Gasteiger partial charge in [0.15, 0.2) is 0 Å². The number of hydrogen-bond donors (Lipinski definition) is 1. The van der Waals surface area contributed by atoms with Crippen LogP contribution in [0.1, 0.15) is 43.2 Å². The van der Waals surface area contributed by atoms with Crippen molar-refractivity contribution in [1.29, 1.82) is 0 Å². The number of piperidine rings is 1. The fourth-order valence-corrected chi connectivity index (χ4v) is 3.59. The average Bonchev–Trinajstić information content (AvgIpc) is 3.34. The number of rotatable bonds is 3. The smallest absolute Gasteiger partial charge is 0.393 e. The molecule has 1 amide bonds. The summed E-state index contributed by atoms with van der Waals surface area (Å²) in [5.41, 5.74) is 0.148. The monoisotopic (exact) mass is 341 g/mol. The number of amides is 1. The Kier molecular flexibility index (Phi) is 4.60. The van der Waals surface area contributed by atoms with E-state index in [1.165, 1.54) is 12.1 Å². The predicted octanol–water partition coefficient (Wildman–Crippen LogP) is 3.43. The highest BCUT2D eigenvalue weighted by atomic mass is 19.4. The number of aliphatic hydroxyl groups is 1. The Morgan fingerprint density at radius 3 is 2.29 bits per heavy atom. The molecular weight excluding hydrogens is 319 g/mol. The minimum atomic E-state index is -4.33. The zero-order valence-corrected chi connectivity index (χ0v) is 13.6. The van der Waals surface area contributed by atoms with E-state index in [0.717, 1.165) is 30.5 Å². The van der Waals surface area contributed by atoms with Gasteiger partial charge in [-0.05, 0) is 55.7 Å². The van der Waals surface area contributed by atoms with Crippen molar-refractivity contribution < 1.29 is 23.1 Å². The first kappa shape index (κ1) is 17.3. The predicted molar refractivity (Wildman–Crippen MR) is 83.3 cm³/mol.